The van der Waals surface area contributed by atoms with Gasteiger partial charge in [-0.05, 0) is 42.8 Å². The van der Waals surface area contributed by atoms with Crippen LogP contribution in [0, 0.1) is 5.92 Å². The van der Waals surface area contributed by atoms with E-state index in [-0.39, 0.29) is 17.7 Å². The highest BCUT2D eigenvalue weighted by atomic mass is 16.5. The third kappa shape index (κ3) is 5.26. The summed E-state index contributed by atoms with van der Waals surface area (Å²) in [5.74, 6) is -0.0663. The average Bonchev–Trinajstić information content (AvgIpc) is 3.28. The van der Waals surface area contributed by atoms with E-state index >= 15 is 0 Å². The Morgan fingerprint density at radius 2 is 1.97 bits per heavy atom. The fourth-order valence-electron chi connectivity index (χ4n) is 2.89. The van der Waals surface area contributed by atoms with Gasteiger partial charge in [0.2, 0.25) is 5.91 Å². The lowest BCUT2D eigenvalue weighted by Crippen LogP contribution is -2.24. The number of nitrogens with zero attached hydrogens (tertiary/aromatic N) is 1. The van der Waals surface area contributed by atoms with Crippen LogP contribution < -0.4 is 15.4 Å². The summed E-state index contributed by atoms with van der Waals surface area (Å²) in [5.41, 5.74) is 3.70. The quantitative estimate of drug-likeness (QED) is 0.527. The van der Waals surface area contributed by atoms with Crippen molar-refractivity contribution >= 4 is 17.5 Å². The molecule has 7 heteroatoms. The lowest BCUT2D eigenvalue weighted by Gasteiger charge is -2.14. The van der Waals surface area contributed by atoms with Gasteiger partial charge in [-0.3, -0.25) is 14.7 Å². The van der Waals surface area contributed by atoms with E-state index in [0.29, 0.717) is 30.2 Å². The molecule has 2 aromatic carbocycles. The largest absolute Gasteiger partial charge is 0.493 e. The van der Waals surface area contributed by atoms with Gasteiger partial charge in [0, 0.05) is 29.9 Å². The van der Waals surface area contributed by atoms with E-state index in [4.69, 9.17) is 4.74 Å². The van der Waals surface area contributed by atoms with Crippen molar-refractivity contribution in [3.05, 3.63) is 65.9 Å². The van der Waals surface area contributed by atoms with Crippen molar-refractivity contribution in [2.24, 2.45) is 5.92 Å². The number of ether oxygens (including phenoxy) is 1. The molecule has 30 heavy (non-hydrogen) atoms. The fraction of sp³-hybridized carbons (Fsp3) is 0.261. The zero-order valence-corrected chi connectivity index (χ0v) is 17.4. The predicted octanol–water partition coefficient (Wildman–Crippen LogP) is 4.00. The molecule has 156 valence electrons. The predicted molar refractivity (Wildman–Crippen MR) is 116 cm³/mol. The number of anilines is 1. The van der Waals surface area contributed by atoms with Gasteiger partial charge in [0.1, 0.15) is 5.75 Å². The Kier molecular flexibility index (Phi) is 6.85. The van der Waals surface area contributed by atoms with Gasteiger partial charge in [0.15, 0.2) is 0 Å². The number of aromatic nitrogens is 2. The number of benzene rings is 2. The van der Waals surface area contributed by atoms with Gasteiger partial charge in [-0.1, -0.05) is 32.0 Å². The zero-order chi connectivity index (χ0) is 21.5. The van der Waals surface area contributed by atoms with Crippen LogP contribution in [-0.2, 0) is 11.3 Å². The van der Waals surface area contributed by atoms with E-state index in [1.54, 1.807) is 24.4 Å². The Bertz CT molecular complexity index is 1010. The number of H-pyrrole nitrogens is 1. The van der Waals surface area contributed by atoms with E-state index in [0.717, 1.165) is 16.8 Å². The van der Waals surface area contributed by atoms with Crippen molar-refractivity contribution in [3.63, 3.8) is 0 Å². The van der Waals surface area contributed by atoms with Gasteiger partial charge in [0.05, 0.1) is 17.9 Å². The molecule has 3 rings (SSSR count). The van der Waals surface area contributed by atoms with Crippen LogP contribution >= 0.6 is 0 Å². The molecule has 0 spiro atoms. The summed E-state index contributed by atoms with van der Waals surface area (Å²) < 4.78 is 5.60. The molecule has 3 N–H and O–H groups in total. The first kappa shape index (κ1) is 21.1. The van der Waals surface area contributed by atoms with Crippen LogP contribution in [-0.4, -0.2) is 28.6 Å². The maximum absolute atomic E-state index is 12.9. The minimum Gasteiger partial charge on any atom is -0.493 e. The second kappa shape index (κ2) is 9.73. The summed E-state index contributed by atoms with van der Waals surface area (Å²) in [6.45, 7) is 6.27. The maximum Gasteiger partial charge on any atom is 0.255 e. The Morgan fingerprint density at radius 1 is 1.13 bits per heavy atom. The molecule has 0 radical (unpaired) electrons. The maximum atomic E-state index is 12.9. The second-order valence-corrected chi connectivity index (χ2v) is 7.13. The van der Waals surface area contributed by atoms with Crippen LogP contribution in [0.15, 0.2) is 54.7 Å². The highest BCUT2D eigenvalue weighted by molar-refractivity contribution is 5.99. The number of amides is 2. The van der Waals surface area contributed by atoms with Crippen LogP contribution in [0.4, 0.5) is 5.69 Å². The summed E-state index contributed by atoms with van der Waals surface area (Å²) >= 11 is 0. The smallest absolute Gasteiger partial charge is 0.255 e. The van der Waals surface area contributed by atoms with Gasteiger partial charge in [-0.25, -0.2) is 0 Å². The van der Waals surface area contributed by atoms with Gasteiger partial charge in [-0.2, -0.15) is 5.10 Å². The molecule has 0 saturated heterocycles. The number of hydrogen-bond acceptors (Lipinski definition) is 4. The van der Waals surface area contributed by atoms with Crippen LogP contribution in [0.3, 0.4) is 0 Å². The molecule has 0 fully saturated rings. The molecular weight excluding hydrogens is 380 g/mol. The minimum absolute atomic E-state index is 0.110. The molecule has 0 aliphatic carbocycles. The van der Waals surface area contributed by atoms with Crippen molar-refractivity contribution in [3.8, 4) is 17.0 Å². The number of hydrogen-bond donors (Lipinski definition) is 3. The normalized spacial score (nSPS) is 10.7. The first-order chi connectivity index (χ1) is 14.5. The monoisotopic (exact) mass is 406 g/mol. The number of carbonyl (C=O) groups is 2. The van der Waals surface area contributed by atoms with E-state index in [1.165, 1.54) is 0 Å². The first-order valence-corrected chi connectivity index (χ1v) is 9.93. The molecule has 0 atom stereocenters. The molecule has 0 unspecified atom stereocenters. The number of carbonyl (C=O) groups excluding carboxylic acids is 2. The molecule has 0 saturated carbocycles. The van der Waals surface area contributed by atoms with Gasteiger partial charge < -0.3 is 15.4 Å². The molecule has 1 aromatic heterocycles. The third-order valence-electron chi connectivity index (χ3n) is 4.49. The molecule has 3 aromatic rings. The van der Waals surface area contributed by atoms with Gasteiger partial charge in [0.25, 0.3) is 5.91 Å². The first-order valence-electron chi connectivity index (χ1n) is 9.93. The van der Waals surface area contributed by atoms with E-state index in [2.05, 4.69) is 20.8 Å². The molecule has 1 heterocycles. The number of rotatable bonds is 8. The molecular formula is C23H26N4O3. The van der Waals surface area contributed by atoms with E-state index < -0.39 is 0 Å². The van der Waals surface area contributed by atoms with Crippen LogP contribution in [0.5, 0.6) is 5.75 Å². The van der Waals surface area contributed by atoms with E-state index in [9.17, 15) is 9.59 Å². The van der Waals surface area contributed by atoms with Crippen LogP contribution in [0.2, 0.25) is 0 Å². The number of nitrogens with one attached hydrogen (secondary N) is 3. The SMILES string of the molecule is CCOc1ccc(NC(=O)C(C)C)cc1C(=O)NCc1cccc(-c2cc[nH]n2)c1. The van der Waals surface area contributed by atoms with E-state index in [1.807, 2.05) is 51.1 Å². The number of aromatic amines is 1. The topological polar surface area (TPSA) is 96.1 Å². The summed E-state index contributed by atoms with van der Waals surface area (Å²) in [6.07, 6.45) is 1.77. The Hall–Kier alpha value is -3.61. The van der Waals surface area contributed by atoms with Crippen molar-refractivity contribution in [1.82, 2.24) is 15.5 Å². The lowest BCUT2D eigenvalue weighted by molar-refractivity contribution is -0.118. The minimum atomic E-state index is -0.274. The van der Waals surface area contributed by atoms with Crippen molar-refractivity contribution in [2.45, 2.75) is 27.3 Å². The summed E-state index contributed by atoms with van der Waals surface area (Å²) in [7, 11) is 0. The standard InChI is InChI=1S/C23H26N4O3/c1-4-30-21-9-8-18(26-22(28)15(2)3)13-19(21)23(29)24-14-16-6-5-7-17(12-16)20-10-11-25-27-20/h5-13,15H,4,14H2,1-3H3,(H,24,29)(H,25,27)(H,26,28). The van der Waals surface area contributed by atoms with Crippen molar-refractivity contribution in [1.29, 1.82) is 0 Å². The Balaban J connectivity index is 1.75. The highest BCUT2D eigenvalue weighted by Gasteiger charge is 2.15. The van der Waals surface area contributed by atoms with Crippen molar-refractivity contribution < 1.29 is 14.3 Å². The summed E-state index contributed by atoms with van der Waals surface area (Å²) in [4.78, 5) is 24.9. The van der Waals surface area contributed by atoms with Crippen LogP contribution in [0.25, 0.3) is 11.3 Å². The molecule has 0 bridgehead atoms. The zero-order valence-electron chi connectivity index (χ0n) is 17.4. The molecule has 0 aliphatic heterocycles. The summed E-state index contributed by atoms with van der Waals surface area (Å²) in [6, 6.07) is 14.8. The fourth-order valence-corrected chi connectivity index (χ4v) is 2.89. The lowest BCUT2D eigenvalue weighted by atomic mass is 10.1. The Labute approximate surface area is 175 Å². The van der Waals surface area contributed by atoms with Gasteiger partial charge in [-0.15, -0.1) is 0 Å². The highest BCUT2D eigenvalue weighted by Crippen LogP contribution is 2.24. The van der Waals surface area contributed by atoms with Crippen LogP contribution in [0.1, 0.15) is 36.7 Å². The molecule has 0 aliphatic rings. The molecule has 2 amide bonds. The van der Waals surface area contributed by atoms with Gasteiger partial charge >= 0.3 is 0 Å². The van der Waals surface area contributed by atoms with Crippen molar-refractivity contribution in [2.75, 3.05) is 11.9 Å². The molecule has 7 nitrogen and oxygen atoms in total. The third-order valence-corrected chi connectivity index (χ3v) is 4.49. The Morgan fingerprint density at radius 3 is 2.67 bits per heavy atom. The summed E-state index contributed by atoms with van der Waals surface area (Å²) in [5, 5.41) is 12.7. The average molecular weight is 406 g/mol. The second-order valence-electron chi connectivity index (χ2n) is 7.13.